The second-order valence-corrected chi connectivity index (χ2v) is 6.48. The van der Waals surface area contributed by atoms with Crippen molar-refractivity contribution in [2.24, 2.45) is 0 Å². The van der Waals surface area contributed by atoms with Crippen LogP contribution in [0, 0.1) is 0 Å². The Labute approximate surface area is 157 Å². The van der Waals surface area contributed by atoms with Crippen LogP contribution in [0.15, 0.2) is 54.7 Å². The smallest absolute Gasteiger partial charge is 0.272 e. The average Bonchev–Trinajstić information content (AvgIpc) is 2.73. The van der Waals surface area contributed by atoms with E-state index in [9.17, 15) is 9.90 Å². The molecule has 27 heavy (non-hydrogen) atoms. The summed E-state index contributed by atoms with van der Waals surface area (Å²) >= 11 is 0. The molecule has 3 aromatic rings. The highest BCUT2D eigenvalue weighted by Crippen LogP contribution is 2.28. The van der Waals surface area contributed by atoms with E-state index < -0.39 is 0 Å². The average molecular weight is 364 g/mol. The number of ether oxygens (including phenoxy) is 2. The molecule has 1 atom stereocenters. The zero-order valence-corrected chi connectivity index (χ0v) is 15.0. The van der Waals surface area contributed by atoms with Crippen molar-refractivity contribution in [3.05, 3.63) is 66.0 Å². The number of aromatic hydroxyl groups is 1. The van der Waals surface area contributed by atoms with Gasteiger partial charge < -0.3 is 19.5 Å². The van der Waals surface area contributed by atoms with Crippen molar-refractivity contribution >= 4 is 16.7 Å². The molecule has 1 saturated heterocycles. The van der Waals surface area contributed by atoms with Crippen LogP contribution in [0.25, 0.3) is 10.8 Å². The van der Waals surface area contributed by atoms with Gasteiger partial charge in [0.15, 0.2) is 0 Å². The monoisotopic (exact) mass is 364 g/mol. The molecule has 0 aliphatic carbocycles. The van der Waals surface area contributed by atoms with Gasteiger partial charge in [0.25, 0.3) is 5.91 Å². The van der Waals surface area contributed by atoms with Gasteiger partial charge in [0, 0.05) is 6.54 Å². The molecule has 138 valence electrons. The zero-order chi connectivity index (χ0) is 18.8. The molecule has 0 bridgehead atoms. The minimum Gasteiger partial charge on any atom is -0.506 e. The molecule has 1 aliphatic rings. The molecule has 0 unspecified atom stereocenters. The SMILES string of the molecule is COc1ccc2cc([C@@H]3CN(C(=O)c4ccc(O)cn4)CCO3)ccc2c1. The lowest BCUT2D eigenvalue weighted by atomic mass is 10.0. The van der Waals surface area contributed by atoms with Gasteiger partial charge in [-0.15, -0.1) is 0 Å². The fourth-order valence-corrected chi connectivity index (χ4v) is 3.28. The van der Waals surface area contributed by atoms with Gasteiger partial charge >= 0.3 is 0 Å². The van der Waals surface area contributed by atoms with Gasteiger partial charge in [0.05, 0.1) is 26.5 Å². The van der Waals surface area contributed by atoms with Crippen molar-refractivity contribution in [1.29, 1.82) is 0 Å². The van der Waals surface area contributed by atoms with Gasteiger partial charge in [-0.25, -0.2) is 4.98 Å². The van der Waals surface area contributed by atoms with Crippen molar-refractivity contribution in [3.8, 4) is 11.5 Å². The number of amides is 1. The molecule has 2 heterocycles. The van der Waals surface area contributed by atoms with Crippen molar-refractivity contribution in [1.82, 2.24) is 9.88 Å². The number of methoxy groups -OCH3 is 1. The Balaban J connectivity index is 1.54. The summed E-state index contributed by atoms with van der Waals surface area (Å²) in [5.74, 6) is 0.704. The molecule has 1 aromatic heterocycles. The molecule has 2 aromatic carbocycles. The maximum absolute atomic E-state index is 12.7. The number of pyridine rings is 1. The highest BCUT2D eigenvalue weighted by atomic mass is 16.5. The van der Waals surface area contributed by atoms with Crippen LogP contribution in [-0.2, 0) is 4.74 Å². The second kappa shape index (κ2) is 7.25. The van der Waals surface area contributed by atoms with Crippen molar-refractivity contribution < 1.29 is 19.4 Å². The van der Waals surface area contributed by atoms with Gasteiger partial charge in [-0.1, -0.05) is 18.2 Å². The number of carbonyl (C=O) groups is 1. The van der Waals surface area contributed by atoms with Crippen LogP contribution in [0.4, 0.5) is 0 Å². The Morgan fingerprint density at radius 1 is 1.19 bits per heavy atom. The standard InChI is InChI=1S/C21H20N2O4/c1-26-18-6-4-14-10-16(3-2-15(14)11-18)20-13-23(8-9-27-20)21(25)19-7-5-17(24)12-22-19/h2-7,10-12,20,24H,8-9,13H2,1H3/t20-/m0/s1. The summed E-state index contributed by atoms with van der Waals surface area (Å²) in [6.07, 6.45) is 1.09. The number of benzene rings is 2. The Kier molecular flexibility index (Phi) is 4.64. The van der Waals surface area contributed by atoms with Crippen LogP contribution < -0.4 is 4.74 Å². The number of morpholine rings is 1. The molecule has 6 heteroatoms. The summed E-state index contributed by atoms with van der Waals surface area (Å²) in [6, 6.07) is 15.1. The summed E-state index contributed by atoms with van der Waals surface area (Å²) in [7, 11) is 1.65. The predicted molar refractivity (Wildman–Crippen MR) is 101 cm³/mol. The Morgan fingerprint density at radius 3 is 2.78 bits per heavy atom. The van der Waals surface area contributed by atoms with Gasteiger partial charge in [-0.3, -0.25) is 4.79 Å². The number of aromatic nitrogens is 1. The van der Waals surface area contributed by atoms with Crippen molar-refractivity contribution in [2.45, 2.75) is 6.10 Å². The summed E-state index contributed by atoms with van der Waals surface area (Å²) < 4.78 is 11.2. The largest absolute Gasteiger partial charge is 0.506 e. The quantitative estimate of drug-likeness (QED) is 0.773. The molecule has 1 aliphatic heterocycles. The molecule has 1 fully saturated rings. The lowest BCUT2D eigenvalue weighted by Crippen LogP contribution is -2.42. The molecular formula is C21H20N2O4. The number of carbonyl (C=O) groups excluding carboxylic acids is 1. The number of hydrogen-bond donors (Lipinski definition) is 1. The van der Waals surface area contributed by atoms with Crippen LogP contribution in [0.5, 0.6) is 11.5 Å². The van der Waals surface area contributed by atoms with E-state index in [0.717, 1.165) is 22.1 Å². The Hall–Kier alpha value is -3.12. The van der Waals surface area contributed by atoms with Gasteiger partial charge in [-0.05, 0) is 46.7 Å². The number of fused-ring (bicyclic) bond motifs is 1. The van der Waals surface area contributed by atoms with E-state index in [2.05, 4.69) is 11.1 Å². The van der Waals surface area contributed by atoms with Gasteiger partial charge in [-0.2, -0.15) is 0 Å². The summed E-state index contributed by atoms with van der Waals surface area (Å²) in [6.45, 7) is 1.45. The molecule has 6 nitrogen and oxygen atoms in total. The van der Waals surface area contributed by atoms with E-state index in [0.29, 0.717) is 25.4 Å². The molecular weight excluding hydrogens is 344 g/mol. The van der Waals surface area contributed by atoms with E-state index >= 15 is 0 Å². The minimum absolute atomic E-state index is 0.0409. The van der Waals surface area contributed by atoms with Gasteiger partial charge in [0.2, 0.25) is 0 Å². The first-order valence-corrected chi connectivity index (χ1v) is 8.77. The molecule has 1 N–H and O–H groups in total. The highest BCUT2D eigenvalue weighted by Gasteiger charge is 2.27. The normalized spacial score (nSPS) is 17.1. The molecule has 0 radical (unpaired) electrons. The third-order valence-electron chi connectivity index (χ3n) is 4.76. The van der Waals surface area contributed by atoms with E-state index in [1.165, 1.54) is 18.3 Å². The first kappa shape index (κ1) is 17.3. The third kappa shape index (κ3) is 3.57. The van der Waals surface area contributed by atoms with Crippen LogP contribution in [0.3, 0.4) is 0 Å². The highest BCUT2D eigenvalue weighted by molar-refractivity contribution is 5.92. The molecule has 1 amide bonds. The van der Waals surface area contributed by atoms with E-state index in [1.807, 2.05) is 30.3 Å². The van der Waals surface area contributed by atoms with Crippen LogP contribution in [0.1, 0.15) is 22.2 Å². The van der Waals surface area contributed by atoms with Crippen LogP contribution in [0.2, 0.25) is 0 Å². The Bertz CT molecular complexity index is 972. The topological polar surface area (TPSA) is 71.9 Å². The lowest BCUT2D eigenvalue weighted by molar-refractivity contribution is -0.0229. The van der Waals surface area contributed by atoms with E-state index in [1.54, 1.807) is 12.0 Å². The van der Waals surface area contributed by atoms with Gasteiger partial charge in [0.1, 0.15) is 23.3 Å². The zero-order valence-electron chi connectivity index (χ0n) is 15.0. The second-order valence-electron chi connectivity index (χ2n) is 6.48. The first-order chi connectivity index (χ1) is 13.1. The fourth-order valence-electron chi connectivity index (χ4n) is 3.28. The Morgan fingerprint density at radius 2 is 2.00 bits per heavy atom. The van der Waals surface area contributed by atoms with E-state index in [-0.39, 0.29) is 17.8 Å². The molecule has 4 rings (SSSR count). The number of rotatable bonds is 3. The van der Waals surface area contributed by atoms with Crippen LogP contribution >= 0.6 is 0 Å². The van der Waals surface area contributed by atoms with Crippen molar-refractivity contribution in [3.63, 3.8) is 0 Å². The first-order valence-electron chi connectivity index (χ1n) is 8.77. The minimum atomic E-state index is -0.189. The molecule has 0 saturated carbocycles. The summed E-state index contributed by atoms with van der Waals surface area (Å²) in [5.41, 5.74) is 1.35. The molecule has 0 spiro atoms. The summed E-state index contributed by atoms with van der Waals surface area (Å²) in [5, 5.41) is 11.5. The van der Waals surface area contributed by atoms with E-state index in [4.69, 9.17) is 9.47 Å². The van der Waals surface area contributed by atoms with Crippen LogP contribution in [-0.4, -0.2) is 47.7 Å². The third-order valence-corrected chi connectivity index (χ3v) is 4.76. The van der Waals surface area contributed by atoms with Crippen molar-refractivity contribution in [2.75, 3.05) is 26.8 Å². The fraction of sp³-hybridized carbons (Fsp3) is 0.238. The summed E-state index contributed by atoms with van der Waals surface area (Å²) in [4.78, 5) is 18.4. The maximum atomic E-state index is 12.7. The number of nitrogens with zero attached hydrogens (tertiary/aromatic N) is 2. The predicted octanol–water partition coefficient (Wildman–Crippen LogP) is 3.16. The number of hydrogen-bond acceptors (Lipinski definition) is 5. The maximum Gasteiger partial charge on any atom is 0.272 e. The lowest BCUT2D eigenvalue weighted by Gasteiger charge is -2.33.